The van der Waals surface area contributed by atoms with E-state index in [0.717, 1.165) is 18.0 Å². The minimum absolute atomic E-state index is 0.408. The highest BCUT2D eigenvalue weighted by Crippen LogP contribution is 2.43. The van der Waals surface area contributed by atoms with E-state index in [1.54, 1.807) is 14.2 Å². The molecule has 3 nitrogen and oxygen atoms in total. The van der Waals surface area contributed by atoms with Crippen molar-refractivity contribution in [2.24, 2.45) is 0 Å². The van der Waals surface area contributed by atoms with Crippen molar-refractivity contribution in [2.45, 2.75) is 31.3 Å². The van der Waals surface area contributed by atoms with Crippen LogP contribution in [0.25, 0.3) is 0 Å². The molecule has 1 aromatic carbocycles. The summed E-state index contributed by atoms with van der Waals surface area (Å²) in [5, 5.41) is 0. The van der Waals surface area contributed by atoms with Gasteiger partial charge in [-0.2, -0.15) is 0 Å². The van der Waals surface area contributed by atoms with E-state index in [1.807, 2.05) is 0 Å². The molecule has 3 rings (SSSR count). The van der Waals surface area contributed by atoms with E-state index >= 15 is 0 Å². The molecule has 0 aliphatic carbocycles. The number of benzene rings is 1. The first kappa shape index (κ1) is 12.5. The van der Waals surface area contributed by atoms with E-state index in [9.17, 15) is 0 Å². The zero-order valence-electron chi connectivity index (χ0n) is 11.7. The minimum Gasteiger partial charge on any atom is -0.493 e. The van der Waals surface area contributed by atoms with Gasteiger partial charge in [-0.25, -0.2) is 0 Å². The smallest absolute Gasteiger partial charge is 0.161 e. The molecule has 2 heterocycles. The van der Waals surface area contributed by atoms with Crippen LogP contribution in [0.1, 0.15) is 29.9 Å². The van der Waals surface area contributed by atoms with Gasteiger partial charge in [-0.3, -0.25) is 4.90 Å². The molecular weight excluding hydrogens is 238 g/mol. The maximum Gasteiger partial charge on any atom is 0.161 e. The largest absolute Gasteiger partial charge is 0.493 e. The summed E-state index contributed by atoms with van der Waals surface area (Å²) in [6.07, 6.45) is 4.65. The van der Waals surface area contributed by atoms with Gasteiger partial charge in [0.1, 0.15) is 0 Å². The molecular formula is C16H21NO2. The third-order valence-corrected chi connectivity index (χ3v) is 4.46. The van der Waals surface area contributed by atoms with Crippen LogP contribution in [-0.4, -0.2) is 31.7 Å². The summed E-state index contributed by atoms with van der Waals surface area (Å²) in [6.45, 7) is 6.26. The molecule has 0 saturated carbocycles. The molecule has 19 heavy (non-hydrogen) atoms. The van der Waals surface area contributed by atoms with Crippen LogP contribution < -0.4 is 9.47 Å². The first-order valence-electron chi connectivity index (χ1n) is 6.90. The second-order valence-electron chi connectivity index (χ2n) is 5.35. The Morgan fingerprint density at radius 3 is 2.68 bits per heavy atom. The number of rotatable bonds is 3. The van der Waals surface area contributed by atoms with Crippen molar-refractivity contribution in [3.63, 3.8) is 0 Å². The summed E-state index contributed by atoms with van der Waals surface area (Å²) in [7, 11) is 3.38. The summed E-state index contributed by atoms with van der Waals surface area (Å²) in [6, 6.07) is 4.87. The van der Waals surface area contributed by atoms with E-state index in [0.29, 0.717) is 12.0 Å². The quantitative estimate of drug-likeness (QED) is 0.779. The van der Waals surface area contributed by atoms with E-state index in [-0.39, 0.29) is 0 Å². The van der Waals surface area contributed by atoms with Gasteiger partial charge in [-0.1, -0.05) is 6.08 Å². The topological polar surface area (TPSA) is 21.7 Å². The maximum absolute atomic E-state index is 5.43. The molecule has 0 N–H and O–H groups in total. The molecule has 0 aromatic heterocycles. The summed E-state index contributed by atoms with van der Waals surface area (Å²) >= 11 is 0. The van der Waals surface area contributed by atoms with Crippen LogP contribution in [0.2, 0.25) is 0 Å². The van der Waals surface area contributed by atoms with Gasteiger partial charge in [0.05, 0.1) is 14.2 Å². The number of hydrogen-bond acceptors (Lipinski definition) is 3. The Morgan fingerprint density at radius 1 is 1.26 bits per heavy atom. The van der Waals surface area contributed by atoms with Gasteiger partial charge in [-0.15, -0.1) is 6.58 Å². The first-order valence-corrected chi connectivity index (χ1v) is 6.90. The third-order valence-electron chi connectivity index (χ3n) is 4.46. The van der Waals surface area contributed by atoms with Crippen molar-refractivity contribution in [3.8, 4) is 11.5 Å². The van der Waals surface area contributed by atoms with Crippen LogP contribution in [0.15, 0.2) is 24.8 Å². The average molecular weight is 259 g/mol. The lowest BCUT2D eigenvalue weighted by Crippen LogP contribution is -2.38. The van der Waals surface area contributed by atoms with Gasteiger partial charge >= 0.3 is 0 Å². The molecule has 1 fully saturated rings. The standard InChI is InChI=1S/C16H21NO2/c1-4-12-13-9-16(19-3)15(18-2)8-11(13)10-17-7-5-6-14(12)17/h4,8-9,12,14H,1,5-7,10H2,2-3H3/t12-,14-/m0/s1. The molecule has 2 aliphatic rings. The number of methoxy groups -OCH3 is 2. The fraction of sp³-hybridized carbons (Fsp3) is 0.500. The Bertz CT molecular complexity index is 498. The summed E-state index contributed by atoms with van der Waals surface area (Å²) in [5.41, 5.74) is 2.71. The molecule has 1 aromatic rings. The molecule has 2 aliphatic heterocycles. The molecule has 0 amide bonds. The van der Waals surface area contributed by atoms with Crippen molar-refractivity contribution in [1.29, 1.82) is 0 Å². The van der Waals surface area contributed by atoms with Crippen LogP contribution in [0.4, 0.5) is 0 Å². The van der Waals surface area contributed by atoms with Gasteiger partial charge in [0.25, 0.3) is 0 Å². The van der Waals surface area contributed by atoms with Gasteiger partial charge in [0, 0.05) is 18.5 Å². The molecule has 0 radical (unpaired) electrons. The average Bonchev–Trinajstić information content (AvgIpc) is 2.90. The summed E-state index contributed by atoms with van der Waals surface area (Å²) in [4.78, 5) is 2.57. The van der Waals surface area contributed by atoms with Crippen molar-refractivity contribution in [3.05, 3.63) is 35.9 Å². The third kappa shape index (κ3) is 1.93. The van der Waals surface area contributed by atoms with Crippen molar-refractivity contribution in [2.75, 3.05) is 20.8 Å². The fourth-order valence-electron chi connectivity index (χ4n) is 3.55. The number of ether oxygens (including phenoxy) is 2. The first-order chi connectivity index (χ1) is 9.28. The van der Waals surface area contributed by atoms with Crippen LogP contribution in [0.3, 0.4) is 0 Å². The Kier molecular flexibility index (Phi) is 3.23. The Morgan fingerprint density at radius 2 is 2.00 bits per heavy atom. The van der Waals surface area contributed by atoms with Gasteiger partial charge in [-0.05, 0) is 42.6 Å². The SMILES string of the molecule is C=C[C@H]1c2cc(OC)c(OC)cc2CN2CCC[C@@H]12. The van der Waals surface area contributed by atoms with Crippen LogP contribution in [0, 0.1) is 0 Å². The molecule has 0 bridgehead atoms. The molecule has 102 valence electrons. The van der Waals surface area contributed by atoms with Gasteiger partial charge < -0.3 is 9.47 Å². The molecule has 3 heteroatoms. The number of fused-ring (bicyclic) bond motifs is 2. The van der Waals surface area contributed by atoms with E-state index < -0.39 is 0 Å². The highest BCUT2D eigenvalue weighted by atomic mass is 16.5. The summed E-state index contributed by atoms with van der Waals surface area (Å²) < 4.78 is 10.8. The zero-order chi connectivity index (χ0) is 13.4. The van der Waals surface area contributed by atoms with Crippen molar-refractivity contribution in [1.82, 2.24) is 4.90 Å². The molecule has 0 spiro atoms. The number of nitrogens with zero attached hydrogens (tertiary/aromatic N) is 1. The lowest BCUT2D eigenvalue weighted by Gasteiger charge is -2.37. The van der Waals surface area contributed by atoms with E-state index in [2.05, 4.69) is 29.7 Å². The second-order valence-corrected chi connectivity index (χ2v) is 5.35. The van der Waals surface area contributed by atoms with Crippen LogP contribution in [0.5, 0.6) is 11.5 Å². The van der Waals surface area contributed by atoms with Gasteiger partial charge in [0.15, 0.2) is 11.5 Å². The van der Waals surface area contributed by atoms with Crippen LogP contribution in [-0.2, 0) is 6.54 Å². The highest BCUT2D eigenvalue weighted by Gasteiger charge is 2.36. The van der Waals surface area contributed by atoms with E-state index in [1.165, 1.54) is 30.5 Å². The Hall–Kier alpha value is -1.48. The Balaban J connectivity index is 2.09. The Labute approximate surface area is 114 Å². The second kappa shape index (κ2) is 4.89. The van der Waals surface area contributed by atoms with Crippen molar-refractivity contribution < 1.29 is 9.47 Å². The maximum atomic E-state index is 5.43. The van der Waals surface area contributed by atoms with Crippen molar-refractivity contribution >= 4 is 0 Å². The summed E-state index contributed by atoms with van der Waals surface area (Å²) in [5.74, 6) is 2.05. The lowest BCUT2D eigenvalue weighted by atomic mass is 9.83. The normalized spacial score (nSPS) is 25.6. The predicted molar refractivity (Wildman–Crippen MR) is 75.9 cm³/mol. The fourth-order valence-corrected chi connectivity index (χ4v) is 3.55. The molecule has 1 saturated heterocycles. The molecule has 0 unspecified atom stereocenters. The molecule has 2 atom stereocenters. The number of hydrogen-bond donors (Lipinski definition) is 0. The predicted octanol–water partition coefficient (Wildman–Crippen LogP) is 2.95. The highest BCUT2D eigenvalue weighted by molar-refractivity contribution is 5.51. The monoisotopic (exact) mass is 259 g/mol. The van der Waals surface area contributed by atoms with Crippen LogP contribution >= 0.6 is 0 Å². The van der Waals surface area contributed by atoms with E-state index in [4.69, 9.17) is 9.47 Å². The minimum atomic E-state index is 0.408. The lowest BCUT2D eigenvalue weighted by molar-refractivity contribution is 0.211. The van der Waals surface area contributed by atoms with Gasteiger partial charge in [0.2, 0.25) is 0 Å². The zero-order valence-corrected chi connectivity index (χ0v) is 11.7.